The van der Waals surface area contributed by atoms with Crippen LogP contribution in [0.4, 0.5) is 0 Å². The van der Waals surface area contributed by atoms with Crippen molar-refractivity contribution in [3.8, 4) is 5.75 Å². The third kappa shape index (κ3) is 3.22. The smallest absolute Gasteiger partial charge is 0.287 e. The van der Waals surface area contributed by atoms with Gasteiger partial charge in [-0.25, -0.2) is 0 Å². The van der Waals surface area contributed by atoms with E-state index >= 15 is 0 Å². The lowest BCUT2D eigenvalue weighted by Crippen LogP contribution is -2.30. The lowest BCUT2D eigenvalue weighted by atomic mass is 10.0. The third-order valence-corrected chi connectivity index (χ3v) is 5.60. The quantitative estimate of drug-likeness (QED) is 0.808. The molecule has 1 aromatic carbocycles. The van der Waals surface area contributed by atoms with Crippen LogP contribution in [0.2, 0.25) is 0 Å². The summed E-state index contributed by atoms with van der Waals surface area (Å²) in [4.78, 5) is 6.34. The first-order valence-electron chi connectivity index (χ1n) is 8.42. The van der Waals surface area contributed by atoms with Crippen LogP contribution >= 0.6 is 0 Å². The van der Waals surface area contributed by atoms with Gasteiger partial charge in [-0.3, -0.25) is 4.98 Å². The number of rotatable bonds is 5. The molecule has 0 fully saturated rings. The molecule has 0 saturated heterocycles. The molecule has 1 aromatic heterocycles. The van der Waals surface area contributed by atoms with Gasteiger partial charge in [-0.05, 0) is 43.7 Å². The van der Waals surface area contributed by atoms with Gasteiger partial charge < -0.3 is 9.64 Å². The fourth-order valence-electron chi connectivity index (χ4n) is 2.95. The zero-order chi connectivity index (χ0) is 18.7. The van der Waals surface area contributed by atoms with Gasteiger partial charge in [0.25, 0.3) is 10.0 Å². The fraction of sp³-hybridized carbons (Fsp3) is 0.263. The highest BCUT2D eigenvalue weighted by Crippen LogP contribution is 2.38. The van der Waals surface area contributed by atoms with Crippen molar-refractivity contribution >= 4 is 26.3 Å². The Balaban J connectivity index is 2.28. The number of nitrogens with zero attached hydrogens (tertiary/aromatic N) is 3. The molecule has 136 valence electrons. The summed E-state index contributed by atoms with van der Waals surface area (Å²) in [6.45, 7) is 5.26. The maximum atomic E-state index is 12.9. The van der Waals surface area contributed by atoms with Gasteiger partial charge in [0, 0.05) is 24.9 Å². The zero-order valence-corrected chi connectivity index (χ0v) is 15.8. The van der Waals surface area contributed by atoms with Gasteiger partial charge in [0.1, 0.15) is 10.7 Å². The topological polar surface area (TPSA) is 71.9 Å². The normalized spacial score (nSPS) is 15.7. The van der Waals surface area contributed by atoms with Crippen LogP contribution in [-0.2, 0) is 10.0 Å². The van der Waals surface area contributed by atoms with Crippen molar-refractivity contribution in [3.05, 3.63) is 59.9 Å². The molecule has 0 unspecified atom stereocenters. The van der Waals surface area contributed by atoms with E-state index in [-0.39, 0.29) is 4.91 Å². The summed E-state index contributed by atoms with van der Waals surface area (Å²) < 4.78 is 35.1. The Hall–Kier alpha value is -2.67. The van der Waals surface area contributed by atoms with E-state index in [4.69, 9.17) is 4.74 Å². The molecule has 0 spiro atoms. The number of methoxy groups -OCH3 is 1. The van der Waals surface area contributed by atoms with E-state index in [0.29, 0.717) is 35.9 Å². The van der Waals surface area contributed by atoms with E-state index in [0.717, 1.165) is 5.56 Å². The van der Waals surface area contributed by atoms with Crippen molar-refractivity contribution in [1.82, 2.24) is 9.88 Å². The van der Waals surface area contributed by atoms with E-state index in [9.17, 15) is 8.42 Å². The summed E-state index contributed by atoms with van der Waals surface area (Å²) >= 11 is 0. The Morgan fingerprint density at radius 3 is 2.27 bits per heavy atom. The fourth-order valence-corrected chi connectivity index (χ4v) is 4.33. The van der Waals surface area contributed by atoms with Gasteiger partial charge in [-0.15, -0.1) is 4.40 Å². The van der Waals surface area contributed by atoms with Crippen LogP contribution in [0, 0.1) is 0 Å². The Bertz CT molecular complexity index is 945. The molecule has 0 amide bonds. The summed E-state index contributed by atoms with van der Waals surface area (Å²) in [5.41, 5.74) is 1.73. The minimum absolute atomic E-state index is 0.144. The van der Waals surface area contributed by atoms with Gasteiger partial charge in [0.05, 0.1) is 12.8 Å². The number of amidine groups is 1. The number of hydrogen-bond acceptors (Lipinski definition) is 5. The van der Waals surface area contributed by atoms with Crippen LogP contribution in [0.15, 0.2) is 53.1 Å². The summed E-state index contributed by atoms with van der Waals surface area (Å²) in [5, 5.41) is 0. The Morgan fingerprint density at radius 2 is 1.73 bits per heavy atom. The van der Waals surface area contributed by atoms with Crippen molar-refractivity contribution in [1.29, 1.82) is 0 Å². The number of sulfonamides is 1. The highest BCUT2D eigenvalue weighted by molar-refractivity contribution is 8.00. The number of aromatic nitrogens is 1. The molecule has 7 heteroatoms. The minimum Gasteiger partial charge on any atom is -0.497 e. The van der Waals surface area contributed by atoms with Crippen LogP contribution < -0.4 is 4.74 Å². The molecule has 0 N–H and O–H groups in total. The van der Waals surface area contributed by atoms with E-state index in [1.807, 2.05) is 43.0 Å². The molecule has 1 aliphatic rings. The first-order valence-corrected chi connectivity index (χ1v) is 9.86. The molecular weight excluding hydrogens is 350 g/mol. The predicted molar refractivity (Wildman–Crippen MR) is 103 cm³/mol. The molecule has 0 radical (unpaired) electrons. The van der Waals surface area contributed by atoms with E-state index in [1.54, 1.807) is 31.5 Å². The van der Waals surface area contributed by atoms with Gasteiger partial charge in [0.15, 0.2) is 5.84 Å². The summed E-state index contributed by atoms with van der Waals surface area (Å²) in [6.07, 6.45) is 1.58. The average Bonchev–Trinajstić information content (AvgIpc) is 2.94. The Kier molecular flexibility index (Phi) is 5.08. The summed E-state index contributed by atoms with van der Waals surface area (Å²) in [6, 6.07) is 12.5. The van der Waals surface area contributed by atoms with Crippen molar-refractivity contribution < 1.29 is 13.2 Å². The largest absolute Gasteiger partial charge is 0.497 e. The van der Waals surface area contributed by atoms with Crippen LogP contribution in [0.5, 0.6) is 5.75 Å². The second kappa shape index (κ2) is 7.29. The zero-order valence-electron chi connectivity index (χ0n) is 15.0. The highest BCUT2D eigenvalue weighted by atomic mass is 32.2. The summed E-state index contributed by atoms with van der Waals surface area (Å²) in [7, 11) is -2.24. The Labute approximate surface area is 153 Å². The second-order valence-electron chi connectivity index (χ2n) is 5.71. The lowest BCUT2D eigenvalue weighted by molar-refractivity contribution is 0.415. The first kappa shape index (κ1) is 18.1. The number of ether oxygens (including phenoxy) is 1. The number of pyridine rings is 1. The molecule has 2 heterocycles. The maximum absolute atomic E-state index is 12.9. The van der Waals surface area contributed by atoms with Gasteiger partial charge >= 0.3 is 0 Å². The SMILES string of the molecule is CCN(CC)C1=NS(=O)(=O)C(c2ccccn2)=C1c1ccc(OC)cc1. The van der Waals surface area contributed by atoms with Crippen LogP contribution in [0.3, 0.4) is 0 Å². The van der Waals surface area contributed by atoms with Crippen molar-refractivity contribution in [2.75, 3.05) is 20.2 Å². The van der Waals surface area contributed by atoms with Crippen molar-refractivity contribution in [2.45, 2.75) is 13.8 Å². The third-order valence-electron chi connectivity index (χ3n) is 4.25. The molecule has 26 heavy (non-hydrogen) atoms. The van der Waals surface area contributed by atoms with Crippen LogP contribution in [0.1, 0.15) is 25.1 Å². The molecule has 3 rings (SSSR count). The first-order chi connectivity index (χ1) is 12.5. The van der Waals surface area contributed by atoms with E-state index in [1.165, 1.54) is 0 Å². The average molecular weight is 371 g/mol. The minimum atomic E-state index is -3.84. The van der Waals surface area contributed by atoms with E-state index < -0.39 is 10.0 Å². The number of likely N-dealkylation sites (N-methyl/N-ethyl adjacent to an activating group) is 1. The maximum Gasteiger partial charge on any atom is 0.287 e. The second-order valence-corrected chi connectivity index (χ2v) is 7.25. The molecule has 0 atom stereocenters. The van der Waals surface area contributed by atoms with Gasteiger partial charge in [0.2, 0.25) is 0 Å². The molecule has 0 bridgehead atoms. The van der Waals surface area contributed by atoms with Crippen LogP contribution in [-0.4, -0.2) is 44.3 Å². The molecule has 1 aliphatic heterocycles. The Morgan fingerprint density at radius 1 is 1.04 bits per heavy atom. The van der Waals surface area contributed by atoms with E-state index in [2.05, 4.69) is 9.38 Å². The van der Waals surface area contributed by atoms with Crippen LogP contribution in [0.25, 0.3) is 10.5 Å². The molecular formula is C19H21N3O3S. The standard InChI is InChI=1S/C19H21N3O3S/c1-4-22(5-2)19-17(14-9-11-15(25-3)12-10-14)18(26(23,24)21-19)16-8-6-7-13-20-16/h6-13H,4-5H2,1-3H3. The van der Waals surface area contributed by atoms with Crippen molar-refractivity contribution in [2.24, 2.45) is 4.40 Å². The lowest BCUT2D eigenvalue weighted by Gasteiger charge is -2.22. The molecule has 6 nitrogen and oxygen atoms in total. The monoisotopic (exact) mass is 371 g/mol. The molecule has 0 aliphatic carbocycles. The number of hydrogen-bond donors (Lipinski definition) is 0. The number of benzene rings is 1. The van der Waals surface area contributed by atoms with Gasteiger partial charge in [-0.1, -0.05) is 18.2 Å². The predicted octanol–water partition coefficient (Wildman–Crippen LogP) is 3.04. The van der Waals surface area contributed by atoms with Gasteiger partial charge in [-0.2, -0.15) is 8.42 Å². The molecule has 2 aromatic rings. The highest BCUT2D eigenvalue weighted by Gasteiger charge is 2.36. The van der Waals surface area contributed by atoms with Crippen molar-refractivity contribution in [3.63, 3.8) is 0 Å². The summed E-state index contributed by atoms with van der Waals surface area (Å²) in [5.74, 6) is 1.16. The molecule has 0 saturated carbocycles.